The Kier molecular flexibility index (Phi) is 7.51. The molecule has 2 atom stereocenters. The third-order valence-corrected chi connectivity index (χ3v) is 8.26. The fourth-order valence-electron chi connectivity index (χ4n) is 4.87. The smallest absolute Gasteiger partial charge is 0.261 e. The largest absolute Gasteiger partial charge is 0.391 e. The van der Waals surface area contributed by atoms with Gasteiger partial charge in [0, 0.05) is 19.1 Å². The van der Waals surface area contributed by atoms with E-state index in [9.17, 15) is 13.5 Å². The van der Waals surface area contributed by atoms with Crippen LogP contribution >= 0.6 is 0 Å². The van der Waals surface area contributed by atoms with Crippen molar-refractivity contribution in [1.82, 2.24) is 10.6 Å². The number of sulfonamides is 1. The van der Waals surface area contributed by atoms with Crippen molar-refractivity contribution >= 4 is 15.7 Å². The molecule has 1 saturated carbocycles. The summed E-state index contributed by atoms with van der Waals surface area (Å²) in [5.41, 5.74) is 3.68. The van der Waals surface area contributed by atoms with Crippen molar-refractivity contribution in [2.24, 2.45) is 5.92 Å². The van der Waals surface area contributed by atoms with Crippen LogP contribution in [0.15, 0.2) is 47.4 Å². The first-order chi connectivity index (χ1) is 15.4. The maximum absolute atomic E-state index is 13.1. The summed E-state index contributed by atoms with van der Waals surface area (Å²) in [6.07, 6.45) is 6.27. The van der Waals surface area contributed by atoms with Crippen LogP contribution in [-0.4, -0.2) is 32.2 Å². The maximum atomic E-state index is 13.1. The van der Waals surface area contributed by atoms with Gasteiger partial charge in [-0.1, -0.05) is 43.5 Å². The van der Waals surface area contributed by atoms with Crippen LogP contribution in [0.4, 0.5) is 5.69 Å². The molecule has 2 aromatic carbocycles. The minimum atomic E-state index is -3.69. The number of hydrogen-bond acceptors (Lipinski definition) is 5. The highest BCUT2D eigenvalue weighted by atomic mass is 32.2. The number of para-hydroxylation sites is 1. The molecule has 6 nitrogen and oxygen atoms in total. The lowest BCUT2D eigenvalue weighted by Crippen LogP contribution is -2.42. The van der Waals surface area contributed by atoms with Crippen LogP contribution in [0.25, 0.3) is 0 Å². The average Bonchev–Trinajstić information content (AvgIpc) is 2.83. The van der Waals surface area contributed by atoms with E-state index in [1.807, 2.05) is 31.2 Å². The molecule has 32 heavy (non-hydrogen) atoms. The molecule has 7 heteroatoms. The first kappa shape index (κ1) is 23.2. The molecule has 0 bridgehead atoms. The second-order valence-electron chi connectivity index (χ2n) is 9.18. The molecule has 0 saturated heterocycles. The fraction of sp³-hybridized carbons (Fsp3) is 0.520. The SMILES string of the molecule is C[C@H](NCc1ccccc1NS(=O)(=O)c1ccc2c(c1)CCNC2)[C@@H](O)C1CCCCC1. The van der Waals surface area contributed by atoms with Gasteiger partial charge in [-0.05, 0) is 73.5 Å². The molecule has 2 aliphatic rings. The van der Waals surface area contributed by atoms with Gasteiger partial charge in [0.1, 0.15) is 0 Å². The van der Waals surface area contributed by atoms with Crippen LogP contribution in [0.5, 0.6) is 0 Å². The Bertz CT molecular complexity index is 1020. The second kappa shape index (κ2) is 10.3. The third-order valence-electron chi connectivity index (χ3n) is 6.90. The van der Waals surface area contributed by atoms with Gasteiger partial charge in [0.2, 0.25) is 0 Å². The zero-order valence-electron chi connectivity index (χ0n) is 18.8. The van der Waals surface area contributed by atoms with E-state index >= 15 is 0 Å². The molecule has 0 unspecified atom stereocenters. The van der Waals surface area contributed by atoms with E-state index in [1.54, 1.807) is 18.2 Å². The van der Waals surface area contributed by atoms with Gasteiger partial charge in [-0.15, -0.1) is 0 Å². The molecule has 0 amide bonds. The maximum Gasteiger partial charge on any atom is 0.261 e. The highest BCUT2D eigenvalue weighted by Crippen LogP contribution is 2.28. The molecule has 2 aromatic rings. The fourth-order valence-corrected chi connectivity index (χ4v) is 6.03. The van der Waals surface area contributed by atoms with Crippen LogP contribution in [0.3, 0.4) is 0 Å². The molecule has 1 heterocycles. The third kappa shape index (κ3) is 5.52. The molecule has 1 fully saturated rings. The van der Waals surface area contributed by atoms with Crippen molar-refractivity contribution in [1.29, 1.82) is 0 Å². The zero-order valence-corrected chi connectivity index (χ0v) is 19.6. The van der Waals surface area contributed by atoms with E-state index in [-0.39, 0.29) is 12.1 Å². The molecule has 4 rings (SSSR count). The van der Waals surface area contributed by atoms with Gasteiger partial charge in [0.15, 0.2) is 0 Å². The predicted molar refractivity (Wildman–Crippen MR) is 128 cm³/mol. The number of aliphatic hydroxyl groups is 1. The van der Waals surface area contributed by atoms with Crippen molar-refractivity contribution < 1.29 is 13.5 Å². The molecule has 0 spiro atoms. The number of benzene rings is 2. The van der Waals surface area contributed by atoms with Crippen LogP contribution in [-0.2, 0) is 29.5 Å². The van der Waals surface area contributed by atoms with Gasteiger partial charge in [-0.3, -0.25) is 4.72 Å². The molecule has 1 aliphatic carbocycles. The predicted octanol–water partition coefficient (Wildman–Crippen LogP) is 3.55. The van der Waals surface area contributed by atoms with E-state index in [4.69, 9.17) is 0 Å². The number of fused-ring (bicyclic) bond motifs is 1. The normalized spacial score (nSPS) is 19.2. The monoisotopic (exact) mass is 457 g/mol. The minimum Gasteiger partial charge on any atom is -0.391 e. The molecule has 4 N–H and O–H groups in total. The first-order valence-corrected chi connectivity index (χ1v) is 13.3. The van der Waals surface area contributed by atoms with Gasteiger partial charge in [-0.2, -0.15) is 0 Å². The number of nitrogens with one attached hydrogen (secondary N) is 3. The summed E-state index contributed by atoms with van der Waals surface area (Å²) in [5, 5.41) is 17.5. The van der Waals surface area contributed by atoms with E-state index in [0.29, 0.717) is 23.0 Å². The number of anilines is 1. The quantitative estimate of drug-likeness (QED) is 0.487. The van der Waals surface area contributed by atoms with Crippen molar-refractivity contribution in [3.8, 4) is 0 Å². The summed E-state index contributed by atoms with van der Waals surface area (Å²) in [6, 6.07) is 12.8. The van der Waals surface area contributed by atoms with Crippen molar-refractivity contribution in [3.63, 3.8) is 0 Å². The Hall–Kier alpha value is -1.93. The molecule has 0 aromatic heterocycles. The highest BCUT2D eigenvalue weighted by molar-refractivity contribution is 7.92. The van der Waals surface area contributed by atoms with E-state index in [1.165, 1.54) is 19.3 Å². The van der Waals surface area contributed by atoms with Crippen LogP contribution in [0.1, 0.15) is 55.7 Å². The van der Waals surface area contributed by atoms with E-state index in [0.717, 1.165) is 49.0 Å². The first-order valence-electron chi connectivity index (χ1n) is 11.8. The van der Waals surface area contributed by atoms with Crippen LogP contribution in [0, 0.1) is 5.92 Å². The lowest BCUT2D eigenvalue weighted by Gasteiger charge is -2.31. The number of rotatable bonds is 8. The minimum absolute atomic E-state index is 0.0583. The average molecular weight is 458 g/mol. The molecule has 0 radical (unpaired) electrons. The summed E-state index contributed by atoms with van der Waals surface area (Å²) >= 11 is 0. The van der Waals surface area contributed by atoms with Gasteiger partial charge < -0.3 is 15.7 Å². The van der Waals surface area contributed by atoms with E-state index in [2.05, 4.69) is 15.4 Å². The lowest BCUT2D eigenvalue weighted by atomic mass is 9.83. The van der Waals surface area contributed by atoms with Gasteiger partial charge >= 0.3 is 0 Å². The lowest BCUT2D eigenvalue weighted by molar-refractivity contribution is 0.0551. The molecule has 174 valence electrons. The van der Waals surface area contributed by atoms with Crippen LogP contribution in [0.2, 0.25) is 0 Å². The summed E-state index contributed by atoms with van der Waals surface area (Å²) in [5.74, 6) is 0.346. The molecular formula is C25H35N3O3S. The Labute approximate surface area is 191 Å². The van der Waals surface area contributed by atoms with Gasteiger partial charge in [-0.25, -0.2) is 8.42 Å². The Morgan fingerprint density at radius 3 is 2.69 bits per heavy atom. The van der Waals surface area contributed by atoms with Crippen molar-refractivity contribution in [2.45, 2.75) is 75.6 Å². The summed E-state index contributed by atoms with van der Waals surface area (Å²) in [6.45, 7) is 4.14. The topological polar surface area (TPSA) is 90.5 Å². The second-order valence-corrected chi connectivity index (χ2v) is 10.9. The molecular weight excluding hydrogens is 422 g/mol. The number of aliphatic hydroxyl groups excluding tert-OH is 1. The van der Waals surface area contributed by atoms with Crippen molar-refractivity contribution in [2.75, 3.05) is 11.3 Å². The Morgan fingerprint density at radius 2 is 1.88 bits per heavy atom. The van der Waals surface area contributed by atoms with E-state index < -0.39 is 10.0 Å². The number of hydrogen-bond donors (Lipinski definition) is 4. The van der Waals surface area contributed by atoms with Gasteiger partial charge in [0.05, 0.1) is 16.7 Å². The summed E-state index contributed by atoms with van der Waals surface area (Å²) in [4.78, 5) is 0.294. The summed E-state index contributed by atoms with van der Waals surface area (Å²) in [7, 11) is -3.69. The Morgan fingerprint density at radius 1 is 1.09 bits per heavy atom. The summed E-state index contributed by atoms with van der Waals surface area (Å²) < 4.78 is 29.0. The van der Waals surface area contributed by atoms with Gasteiger partial charge in [0.25, 0.3) is 10.0 Å². The molecule has 1 aliphatic heterocycles. The van der Waals surface area contributed by atoms with Crippen LogP contribution < -0.4 is 15.4 Å². The zero-order chi connectivity index (χ0) is 22.6. The van der Waals surface area contributed by atoms with Crippen molar-refractivity contribution in [3.05, 3.63) is 59.2 Å². The Balaban J connectivity index is 1.44. The highest BCUT2D eigenvalue weighted by Gasteiger charge is 2.26. The standard InChI is InChI=1S/C25H35N3O3S/c1-18(25(29)19-7-3-2-4-8-19)27-17-22-9-5-6-10-24(22)28-32(30,31)23-12-11-21-16-26-14-13-20(21)15-23/h5-6,9-12,15,18-19,25-29H,2-4,7-8,13-14,16-17H2,1H3/t18-,25+/m0/s1.